The quantitative estimate of drug-likeness (QED) is 0.500. The summed E-state index contributed by atoms with van der Waals surface area (Å²) in [6.45, 7) is 3.41. The fraction of sp³-hybridized carbons (Fsp3) is 0.414. The number of para-hydroxylation sites is 1. The van der Waals surface area contributed by atoms with Gasteiger partial charge in [-0.05, 0) is 73.9 Å². The zero-order valence-electron chi connectivity index (χ0n) is 20.2. The minimum atomic E-state index is 0.0696. The van der Waals surface area contributed by atoms with E-state index >= 15 is 0 Å². The Balaban J connectivity index is 1.17. The van der Waals surface area contributed by atoms with Gasteiger partial charge in [-0.3, -0.25) is 14.6 Å². The van der Waals surface area contributed by atoms with Crippen molar-refractivity contribution in [2.45, 2.75) is 38.5 Å². The molecule has 0 saturated carbocycles. The molecule has 0 bridgehead atoms. The van der Waals surface area contributed by atoms with Crippen molar-refractivity contribution in [2.75, 3.05) is 32.8 Å². The highest BCUT2D eigenvalue weighted by molar-refractivity contribution is 5.94. The van der Waals surface area contributed by atoms with E-state index in [-0.39, 0.29) is 11.8 Å². The third kappa shape index (κ3) is 5.64. The summed E-state index contributed by atoms with van der Waals surface area (Å²) in [6.07, 6.45) is 7.63. The lowest BCUT2D eigenvalue weighted by Gasteiger charge is -2.21. The molecule has 2 aromatic carbocycles. The van der Waals surface area contributed by atoms with Crippen LogP contribution in [0.2, 0.25) is 0 Å². The molecule has 6 nitrogen and oxygen atoms in total. The number of carbonyl (C=O) groups excluding carboxylic acids is 2. The van der Waals surface area contributed by atoms with Crippen LogP contribution in [-0.4, -0.2) is 59.4 Å². The van der Waals surface area contributed by atoms with Crippen LogP contribution in [-0.2, 0) is 11.2 Å². The topological polar surface area (TPSA) is 62.7 Å². The minimum absolute atomic E-state index is 0.0696. The van der Waals surface area contributed by atoms with Crippen molar-refractivity contribution in [2.24, 2.45) is 5.92 Å². The maximum absolute atomic E-state index is 13.3. The standard InChI is InChI=1S/C29H33N3O3/c33-28-11-5-15-31(28)18-19-35-25-8-3-7-24(21-25)29(34)32-16-4-6-22(13-17-32)20-23-12-14-30-27-10-2-1-9-26(23)27/h1-3,7-10,12,14,21-22H,4-6,11,13,15-20H2. The fourth-order valence-corrected chi connectivity index (χ4v) is 5.33. The van der Waals surface area contributed by atoms with Gasteiger partial charge in [-0.25, -0.2) is 0 Å². The van der Waals surface area contributed by atoms with E-state index in [1.807, 2.05) is 46.3 Å². The number of aromatic nitrogens is 1. The number of pyridine rings is 1. The molecule has 0 aliphatic carbocycles. The second-order valence-electron chi connectivity index (χ2n) is 9.64. The van der Waals surface area contributed by atoms with Crippen molar-refractivity contribution in [3.63, 3.8) is 0 Å². The molecule has 1 unspecified atom stereocenters. The van der Waals surface area contributed by atoms with E-state index in [0.717, 1.165) is 57.3 Å². The van der Waals surface area contributed by atoms with E-state index in [4.69, 9.17) is 4.74 Å². The Bertz CT molecular complexity index is 1190. The second-order valence-corrected chi connectivity index (χ2v) is 9.64. The lowest BCUT2D eigenvalue weighted by atomic mass is 9.91. The first-order valence-electron chi connectivity index (χ1n) is 12.8. The molecule has 5 rings (SSSR count). The first-order valence-corrected chi connectivity index (χ1v) is 12.8. The smallest absolute Gasteiger partial charge is 0.253 e. The molecule has 2 amide bonds. The SMILES string of the molecule is O=C1CCCN1CCOc1cccc(C(=O)N2CCCC(Cc3ccnc4ccccc34)CC2)c1. The Morgan fingerprint density at radius 2 is 1.91 bits per heavy atom. The molecule has 6 heteroatoms. The van der Waals surface area contributed by atoms with Gasteiger partial charge in [0.05, 0.1) is 12.1 Å². The van der Waals surface area contributed by atoms with Gasteiger partial charge in [-0.15, -0.1) is 0 Å². The van der Waals surface area contributed by atoms with Gasteiger partial charge in [-0.2, -0.15) is 0 Å². The summed E-state index contributed by atoms with van der Waals surface area (Å²) in [5, 5.41) is 1.23. The Hall–Kier alpha value is -3.41. The Morgan fingerprint density at radius 1 is 1.00 bits per heavy atom. The van der Waals surface area contributed by atoms with Gasteiger partial charge in [0.1, 0.15) is 12.4 Å². The molecule has 2 fully saturated rings. The first-order chi connectivity index (χ1) is 17.2. The second kappa shape index (κ2) is 10.9. The molecule has 2 saturated heterocycles. The molecule has 2 aliphatic rings. The highest BCUT2D eigenvalue weighted by Crippen LogP contribution is 2.26. The summed E-state index contributed by atoms with van der Waals surface area (Å²) in [5.41, 5.74) is 3.06. The zero-order valence-corrected chi connectivity index (χ0v) is 20.2. The molecule has 35 heavy (non-hydrogen) atoms. The third-order valence-corrected chi connectivity index (χ3v) is 7.27. The molecule has 0 spiro atoms. The van der Waals surface area contributed by atoms with Gasteiger partial charge < -0.3 is 14.5 Å². The van der Waals surface area contributed by atoms with Crippen LogP contribution in [0, 0.1) is 5.92 Å². The first kappa shape index (κ1) is 23.3. The van der Waals surface area contributed by atoms with Gasteiger partial charge in [0.25, 0.3) is 5.91 Å². The van der Waals surface area contributed by atoms with Crippen LogP contribution in [0.4, 0.5) is 0 Å². The number of nitrogens with zero attached hydrogens (tertiary/aromatic N) is 3. The van der Waals surface area contributed by atoms with Crippen molar-refractivity contribution in [3.05, 3.63) is 71.9 Å². The number of hydrogen-bond donors (Lipinski definition) is 0. The van der Waals surface area contributed by atoms with Crippen LogP contribution in [0.25, 0.3) is 10.9 Å². The van der Waals surface area contributed by atoms with E-state index in [9.17, 15) is 9.59 Å². The van der Waals surface area contributed by atoms with E-state index in [0.29, 0.717) is 36.8 Å². The highest BCUT2D eigenvalue weighted by Gasteiger charge is 2.23. The van der Waals surface area contributed by atoms with Crippen LogP contribution in [0.5, 0.6) is 5.75 Å². The summed E-state index contributed by atoms with van der Waals surface area (Å²) < 4.78 is 5.87. The molecule has 0 N–H and O–H groups in total. The monoisotopic (exact) mass is 471 g/mol. The minimum Gasteiger partial charge on any atom is -0.492 e. The highest BCUT2D eigenvalue weighted by atomic mass is 16.5. The van der Waals surface area contributed by atoms with Gasteiger partial charge >= 0.3 is 0 Å². The number of ether oxygens (including phenoxy) is 1. The van der Waals surface area contributed by atoms with Crippen LogP contribution in [0.3, 0.4) is 0 Å². The Kier molecular flexibility index (Phi) is 7.26. The molecular formula is C29H33N3O3. The molecular weight excluding hydrogens is 438 g/mol. The lowest BCUT2D eigenvalue weighted by Crippen LogP contribution is -2.32. The van der Waals surface area contributed by atoms with E-state index in [1.54, 1.807) is 0 Å². The van der Waals surface area contributed by atoms with Gasteiger partial charge in [0, 0.05) is 43.2 Å². The van der Waals surface area contributed by atoms with E-state index in [2.05, 4.69) is 29.2 Å². The van der Waals surface area contributed by atoms with Crippen molar-refractivity contribution in [1.82, 2.24) is 14.8 Å². The molecule has 2 aliphatic heterocycles. The fourth-order valence-electron chi connectivity index (χ4n) is 5.33. The van der Waals surface area contributed by atoms with Crippen molar-refractivity contribution in [1.29, 1.82) is 0 Å². The van der Waals surface area contributed by atoms with Crippen LogP contribution in [0.15, 0.2) is 60.8 Å². The lowest BCUT2D eigenvalue weighted by molar-refractivity contribution is -0.128. The van der Waals surface area contributed by atoms with Crippen LogP contribution in [0.1, 0.15) is 48.0 Å². The number of likely N-dealkylation sites (tertiary alicyclic amines) is 2. The number of hydrogen-bond acceptors (Lipinski definition) is 4. The molecule has 1 atom stereocenters. The number of fused-ring (bicyclic) bond motifs is 1. The maximum atomic E-state index is 13.3. The number of amides is 2. The molecule has 3 heterocycles. The van der Waals surface area contributed by atoms with Gasteiger partial charge in [0.2, 0.25) is 5.91 Å². The zero-order chi connectivity index (χ0) is 24.0. The number of carbonyl (C=O) groups is 2. The largest absolute Gasteiger partial charge is 0.492 e. The summed E-state index contributed by atoms with van der Waals surface area (Å²) >= 11 is 0. The molecule has 0 radical (unpaired) electrons. The summed E-state index contributed by atoms with van der Waals surface area (Å²) in [7, 11) is 0. The van der Waals surface area contributed by atoms with Crippen molar-refractivity contribution < 1.29 is 14.3 Å². The van der Waals surface area contributed by atoms with Crippen molar-refractivity contribution >= 4 is 22.7 Å². The van der Waals surface area contributed by atoms with Gasteiger partial charge in [-0.1, -0.05) is 24.3 Å². The third-order valence-electron chi connectivity index (χ3n) is 7.27. The molecule has 3 aromatic rings. The average molecular weight is 472 g/mol. The molecule has 182 valence electrons. The maximum Gasteiger partial charge on any atom is 0.253 e. The van der Waals surface area contributed by atoms with Crippen LogP contribution < -0.4 is 4.74 Å². The molecule has 1 aromatic heterocycles. The summed E-state index contributed by atoms with van der Waals surface area (Å²) in [4.78, 5) is 33.4. The summed E-state index contributed by atoms with van der Waals surface area (Å²) in [5.74, 6) is 1.51. The summed E-state index contributed by atoms with van der Waals surface area (Å²) in [6, 6.07) is 17.9. The Labute approximate surface area is 206 Å². The van der Waals surface area contributed by atoms with Crippen molar-refractivity contribution in [3.8, 4) is 5.75 Å². The van der Waals surface area contributed by atoms with Crippen LogP contribution >= 0.6 is 0 Å². The number of rotatable bonds is 7. The predicted molar refractivity (Wildman–Crippen MR) is 136 cm³/mol. The van der Waals surface area contributed by atoms with Gasteiger partial charge in [0.15, 0.2) is 0 Å². The van der Waals surface area contributed by atoms with E-state index in [1.165, 1.54) is 10.9 Å². The normalized spacial score (nSPS) is 18.6. The number of benzene rings is 2. The predicted octanol–water partition coefficient (Wildman–Crippen LogP) is 4.72. The average Bonchev–Trinajstić information content (AvgIpc) is 3.15. The Morgan fingerprint density at radius 3 is 2.80 bits per heavy atom. The van der Waals surface area contributed by atoms with E-state index < -0.39 is 0 Å².